The smallest absolute Gasteiger partial charge is 0.185 e. The van der Waals surface area contributed by atoms with Gasteiger partial charge in [-0.05, 0) is 25.3 Å². The SMILES string of the molecule is CCC(C)(CC)O[SiH2]C=Cc1ccccc1. The standard InChI is InChI=1S/C14H22OSi/c1-4-14(3,5-2)15-16-12-11-13-9-7-6-8-10-13/h6-12H,4-5,16H2,1-3H3. The van der Waals surface area contributed by atoms with Crippen molar-refractivity contribution in [2.24, 2.45) is 0 Å². The van der Waals surface area contributed by atoms with Crippen molar-refractivity contribution in [3.63, 3.8) is 0 Å². The highest BCUT2D eigenvalue weighted by Crippen LogP contribution is 2.18. The number of hydrogen-bond donors (Lipinski definition) is 0. The van der Waals surface area contributed by atoms with Crippen molar-refractivity contribution in [2.75, 3.05) is 0 Å². The first-order valence-electron chi connectivity index (χ1n) is 6.06. The number of rotatable bonds is 6. The molecule has 1 rings (SSSR count). The number of benzene rings is 1. The van der Waals surface area contributed by atoms with Crippen LogP contribution in [-0.2, 0) is 4.43 Å². The third-order valence-electron chi connectivity index (χ3n) is 3.13. The predicted octanol–water partition coefficient (Wildman–Crippen LogP) is 3.34. The Morgan fingerprint density at radius 3 is 2.38 bits per heavy atom. The molecule has 1 nitrogen and oxygen atoms in total. The normalized spacial score (nSPS) is 12.9. The molecule has 2 heteroatoms. The van der Waals surface area contributed by atoms with Crippen molar-refractivity contribution < 1.29 is 4.43 Å². The lowest BCUT2D eigenvalue weighted by Crippen LogP contribution is -2.27. The molecule has 1 aromatic rings. The molecule has 0 fully saturated rings. The fraction of sp³-hybridized carbons (Fsp3) is 0.429. The second-order valence-corrected chi connectivity index (χ2v) is 5.37. The largest absolute Gasteiger partial charge is 0.414 e. The van der Waals surface area contributed by atoms with Gasteiger partial charge in [-0.1, -0.05) is 56.0 Å². The van der Waals surface area contributed by atoms with Crippen LogP contribution in [0.2, 0.25) is 0 Å². The van der Waals surface area contributed by atoms with Crippen LogP contribution in [0, 0.1) is 0 Å². The van der Waals surface area contributed by atoms with E-state index in [4.69, 9.17) is 4.43 Å². The highest BCUT2D eigenvalue weighted by atomic mass is 28.2. The summed E-state index contributed by atoms with van der Waals surface area (Å²) in [5.74, 6) is 0. The lowest BCUT2D eigenvalue weighted by Gasteiger charge is -2.27. The van der Waals surface area contributed by atoms with Crippen molar-refractivity contribution in [3.05, 3.63) is 41.6 Å². The van der Waals surface area contributed by atoms with E-state index in [-0.39, 0.29) is 5.60 Å². The molecule has 0 aromatic heterocycles. The molecule has 0 aliphatic heterocycles. The van der Waals surface area contributed by atoms with Gasteiger partial charge in [-0.15, -0.1) is 0 Å². The molecular weight excluding hydrogens is 212 g/mol. The Bertz CT molecular complexity index is 315. The van der Waals surface area contributed by atoms with E-state index in [2.05, 4.69) is 56.8 Å². The van der Waals surface area contributed by atoms with Crippen molar-refractivity contribution in [1.29, 1.82) is 0 Å². The minimum Gasteiger partial charge on any atom is -0.414 e. The summed E-state index contributed by atoms with van der Waals surface area (Å²) >= 11 is 0. The fourth-order valence-electron chi connectivity index (χ4n) is 1.45. The van der Waals surface area contributed by atoms with E-state index in [1.807, 2.05) is 6.07 Å². The van der Waals surface area contributed by atoms with E-state index >= 15 is 0 Å². The Balaban J connectivity index is 2.38. The maximum Gasteiger partial charge on any atom is 0.185 e. The summed E-state index contributed by atoms with van der Waals surface area (Å²) in [6.45, 7) is 6.59. The molecule has 0 heterocycles. The molecule has 0 unspecified atom stereocenters. The summed E-state index contributed by atoms with van der Waals surface area (Å²) in [6.07, 6.45) is 4.35. The first-order valence-corrected chi connectivity index (χ1v) is 7.45. The Hall–Kier alpha value is -0.863. The third-order valence-corrected chi connectivity index (χ3v) is 4.43. The van der Waals surface area contributed by atoms with Gasteiger partial charge in [0, 0.05) is 0 Å². The first kappa shape index (κ1) is 13.2. The second kappa shape index (κ2) is 6.66. The summed E-state index contributed by atoms with van der Waals surface area (Å²) in [4.78, 5) is 0. The molecule has 0 atom stereocenters. The van der Waals surface area contributed by atoms with Gasteiger partial charge in [-0.2, -0.15) is 0 Å². The topological polar surface area (TPSA) is 9.23 Å². The molecule has 0 bridgehead atoms. The molecule has 1 aromatic carbocycles. The second-order valence-electron chi connectivity index (χ2n) is 4.28. The molecule has 0 saturated carbocycles. The van der Waals surface area contributed by atoms with Gasteiger partial charge in [-0.25, -0.2) is 0 Å². The quantitative estimate of drug-likeness (QED) is 0.686. The van der Waals surface area contributed by atoms with E-state index in [0.29, 0.717) is 0 Å². The zero-order valence-corrected chi connectivity index (χ0v) is 12.0. The molecule has 0 aliphatic carbocycles. The summed E-state index contributed by atoms with van der Waals surface area (Å²) in [5, 5.41) is 0. The van der Waals surface area contributed by atoms with Gasteiger partial charge < -0.3 is 4.43 Å². The van der Waals surface area contributed by atoms with Crippen molar-refractivity contribution in [1.82, 2.24) is 0 Å². The van der Waals surface area contributed by atoms with E-state index in [9.17, 15) is 0 Å². The molecule has 0 spiro atoms. The Morgan fingerprint density at radius 2 is 1.81 bits per heavy atom. The minimum absolute atomic E-state index is 0.0905. The van der Waals surface area contributed by atoms with Crippen LogP contribution >= 0.6 is 0 Å². The zero-order chi connectivity index (χ0) is 11.9. The predicted molar refractivity (Wildman–Crippen MR) is 74.1 cm³/mol. The van der Waals surface area contributed by atoms with Gasteiger partial charge in [-0.3, -0.25) is 0 Å². The van der Waals surface area contributed by atoms with E-state index in [0.717, 1.165) is 12.8 Å². The van der Waals surface area contributed by atoms with Crippen LogP contribution < -0.4 is 0 Å². The van der Waals surface area contributed by atoms with Crippen LogP contribution in [-0.4, -0.2) is 15.4 Å². The summed E-state index contributed by atoms with van der Waals surface area (Å²) in [5.41, 5.74) is 3.57. The molecule has 88 valence electrons. The Kier molecular flexibility index (Phi) is 5.50. The molecule has 0 radical (unpaired) electrons. The van der Waals surface area contributed by atoms with E-state index in [1.54, 1.807) is 0 Å². The maximum absolute atomic E-state index is 6.00. The van der Waals surface area contributed by atoms with Crippen LogP contribution in [0.3, 0.4) is 0 Å². The Morgan fingerprint density at radius 1 is 1.19 bits per heavy atom. The maximum atomic E-state index is 6.00. The van der Waals surface area contributed by atoms with E-state index < -0.39 is 9.76 Å². The molecule has 0 amide bonds. The molecule has 0 N–H and O–H groups in total. The van der Waals surface area contributed by atoms with Crippen LogP contribution in [0.15, 0.2) is 36.0 Å². The van der Waals surface area contributed by atoms with Gasteiger partial charge in [0.15, 0.2) is 9.76 Å². The summed E-state index contributed by atoms with van der Waals surface area (Å²) in [7, 11) is -0.539. The summed E-state index contributed by atoms with van der Waals surface area (Å²) < 4.78 is 6.00. The molecular formula is C14H22OSi. The zero-order valence-electron chi connectivity index (χ0n) is 10.6. The lowest BCUT2D eigenvalue weighted by molar-refractivity contribution is 0.0879. The molecule has 16 heavy (non-hydrogen) atoms. The highest BCUT2D eigenvalue weighted by Gasteiger charge is 2.18. The van der Waals surface area contributed by atoms with Crippen LogP contribution in [0.5, 0.6) is 0 Å². The number of hydrogen-bond acceptors (Lipinski definition) is 1. The van der Waals surface area contributed by atoms with Crippen molar-refractivity contribution >= 4 is 15.8 Å². The first-order chi connectivity index (χ1) is 7.70. The highest BCUT2D eigenvalue weighted by molar-refractivity contribution is 6.35. The minimum atomic E-state index is -0.539. The van der Waals surface area contributed by atoms with Crippen LogP contribution in [0.25, 0.3) is 6.08 Å². The van der Waals surface area contributed by atoms with Crippen LogP contribution in [0.1, 0.15) is 39.2 Å². The van der Waals surface area contributed by atoms with Crippen LogP contribution in [0.4, 0.5) is 0 Å². The molecule has 0 saturated heterocycles. The average molecular weight is 234 g/mol. The Labute approximate surface area is 101 Å². The van der Waals surface area contributed by atoms with Crippen molar-refractivity contribution in [2.45, 2.75) is 39.2 Å². The van der Waals surface area contributed by atoms with Gasteiger partial charge in [0.2, 0.25) is 0 Å². The van der Waals surface area contributed by atoms with Gasteiger partial charge >= 0.3 is 0 Å². The van der Waals surface area contributed by atoms with Gasteiger partial charge in [0.1, 0.15) is 0 Å². The van der Waals surface area contributed by atoms with E-state index in [1.165, 1.54) is 5.56 Å². The lowest BCUT2D eigenvalue weighted by atomic mass is 10.0. The average Bonchev–Trinajstić information content (AvgIpc) is 2.36. The fourth-order valence-corrected chi connectivity index (χ4v) is 2.73. The van der Waals surface area contributed by atoms with Crippen molar-refractivity contribution in [3.8, 4) is 0 Å². The monoisotopic (exact) mass is 234 g/mol. The summed E-state index contributed by atoms with van der Waals surface area (Å²) in [6, 6.07) is 10.4. The third kappa shape index (κ3) is 4.33. The van der Waals surface area contributed by atoms with Gasteiger partial charge in [0.25, 0.3) is 0 Å². The van der Waals surface area contributed by atoms with Gasteiger partial charge in [0.05, 0.1) is 5.60 Å². The molecule has 0 aliphatic rings.